The summed E-state index contributed by atoms with van der Waals surface area (Å²) in [5.74, 6) is -2.69. The maximum atomic E-state index is 12.0. The number of phenols is 1. The van der Waals surface area contributed by atoms with Gasteiger partial charge in [0.2, 0.25) is 0 Å². The van der Waals surface area contributed by atoms with Crippen molar-refractivity contribution in [3.8, 4) is 5.75 Å². The van der Waals surface area contributed by atoms with E-state index >= 15 is 0 Å². The van der Waals surface area contributed by atoms with Gasteiger partial charge < -0.3 is 19.6 Å². The minimum absolute atomic E-state index is 0.00732. The van der Waals surface area contributed by atoms with Crippen LogP contribution in [-0.4, -0.2) is 34.2 Å². The molecule has 0 radical (unpaired) electrons. The highest BCUT2D eigenvalue weighted by atomic mass is 31.2. The lowest BCUT2D eigenvalue weighted by Gasteiger charge is -2.23. The van der Waals surface area contributed by atoms with Crippen molar-refractivity contribution in [2.24, 2.45) is 0 Å². The average molecular weight is 289 g/mol. The molecule has 0 spiro atoms. The third-order valence-corrected chi connectivity index (χ3v) is 4.06. The minimum atomic E-state index is -4.14. The van der Waals surface area contributed by atoms with Crippen molar-refractivity contribution in [1.29, 1.82) is 0 Å². The van der Waals surface area contributed by atoms with E-state index in [4.69, 9.17) is 9.63 Å². The second-order valence-electron chi connectivity index (χ2n) is 3.72. The van der Waals surface area contributed by atoms with Crippen molar-refractivity contribution in [2.45, 2.75) is 12.7 Å². The number of carboxylic acids is 1. The molecule has 106 valence electrons. The van der Waals surface area contributed by atoms with E-state index < -0.39 is 25.9 Å². The number of hydrogen-bond acceptors (Lipinski definition) is 5. The van der Waals surface area contributed by atoms with Gasteiger partial charge in [-0.3, -0.25) is 14.7 Å². The molecule has 7 nitrogen and oxygen atoms in total. The second-order valence-corrected chi connectivity index (χ2v) is 5.62. The third kappa shape index (κ3) is 4.33. The monoisotopic (exact) mass is 289 g/mol. The molecule has 4 N–H and O–H groups in total. The van der Waals surface area contributed by atoms with Gasteiger partial charge in [0.1, 0.15) is 11.5 Å². The largest absolute Gasteiger partial charge is 0.508 e. The molecular weight excluding hydrogens is 273 g/mol. The molecule has 1 aromatic carbocycles. The van der Waals surface area contributed by atoms with Gasteiger partial charge in [0.25, 0.3) is 0 Å². The summed E-state index contributed by atoms with van der Waals surface area (Å²) in [7, 11) is -4.14. The smallest absolute Gasteiger partial charge is 0.349 e. The molecule has 0 saturated carbocycles. The Morgan fingerprint density at radius 3 is 2.63 bits per heavy atom. The lowest BCUT2D eigenvalue weighted by atomic mass is 10.2. The molecule has 19 heavy (non-hydrogen) atoms. The molecule has 0 aliphatic rings. The summed E-state index contributed by atoms with van der Waals surface area (Å²) in [6.07, 6.45) is 0. The Hall–Kier alpha value is -1.40. The first kappa shape index (κ1) is 15.7. The SMILES string of the molecule is CCOP(=O)(O)C(NCC(=O)O)c1ccccc1O. The second kappa shape index (κ2) is 6.68. The molecule has 0 heterocycles. The van der Waals surface area contributed by atoms with Gasteiger partial charge in [0.05, 0.1) is 13.2 Å². The van der Waals surface area contributed by atoms with Crippen LogP contribution in [-0.2, 0) is 13.9 Å². The first-order valence-electron chi connectivity index (χ1n) is 5.58. The van der Waals surface area contributed by atoms with Gasteiger partial charge in [-0.15, -0.1) is 0 Å². The van der Waals surface area contributed by atoms with Gasteiger partial charge in [-0.05, 0) is 13.0 Å². The van der Waals surface area contributed by atoms with Crippen LogP contribution in [0.2, 0.25) is 0 Å². The van der Waals surface area contributed by atoms with Gasteiger partial charge in [-0.1, -0.05) is 18.2 Å². The lowest BCUT2D eigenvalue weighted by Crippen LogP contribution is -2.28. The number of nitrogens with one attached hydrogen (secondary N) is 1. The summed E-state index contributed by atoms with van der Waals surface area (Å²) in [5.41, 5.74) is 0.114. The quantitative estimate of drug-likeness (QED) is 0.559. The van der Waals surface area contributed by atoms with Crippen LogP contribution in [0.3, 0.4) is 0 Å². The number of benzene rings is 1. The fourth-order valence-corrected chi connectivity index (χ4v) is 2.97. The van der Waals surface area contributed by atoms with Crippen molar-refractivity contribution >= 4 is 13.6 Å². The molecule has 0 amide bonds. The zero-order valence-electron chi connectivity index (χ0n) is 10.3. The average Bonchev–Trinajstić information content (AvgIpc) is 2.30. The summed E-state index contributed by atoms with van der Waals surface area (Å²) in [6.45, 7) is 1.01. The van der Waals surface area contributed by atoms with Crippen molar-refractivity contribution in [3.63, 3.8) is 0 Å². The summed E-state index contributed by atoms with van der Waals surface area (Å²) in [6, 6.07) is 5.89. The van der Waals surface area contributed by atoms with Crippen LogP contribution in [0.4, 0.5) is 0 Å². The number of rotatable bonds is 7. The normalized spacial score (nSPS) is 15.7. The van der Waals surface area contributed by atoms with E-state index in [0.717, 1.165) is 0 Å². The maximum Gasteiger partial charge on any atom is 0.349 e. The fraction of sp³-hybridized carbons (Fsp3) is 0.364. The zero-order chi connectivity index (χ0) is 14.5. The van der Waals surface area contributed by atoms with E-state index in [1.807, 2.05) is 0 Å². The van der Waals surface area contributed by atoms with Gasteiger partial charge in [-0.2, -0.15) is 0 Å². The Bertz CT molecular complexity index is 492. The Labute approximate surface area is 110 Å². The Morgan fingerprint density at radius 2 is 2.11 bits per heavy atom. The Morgan fingerprint density at radius 1 is 1.47 bits per heavy atom. The molecule has 8 heteroatoms. The van der Waals surface area contributed by atoms with Crippen LogP contribution in [0.5, 0.6) is 5.75 Å². The topological polar surface area (TPSA) is 116 Å². The predicted octanol–water partition coefficient (Wildman–Crippen LogP) is 1.29. The summed E-state index contributed by atoms with van der Waals surface area (Å²) < 4.78 is 16.8. The summed E-state index contributed by atoms with van der Waals surface area (Å²) in [4.78, 5) is 20.4. The predicted molar refractivity (Wildman–Crippen MR) is 67.9 cm³/mol. The molecular formula is C11H16NO6P. The van der Waals surface area contributed by atoms with E-state index in [9.17, 15) is 19.4 Å². The standard InChI is InChI=1S/C11H16NO6P/c1-2-18-19(16,17)11(12-7-10(14)15)8-5-3-4-6-9(8)13/h3-6,11-13H,2,7H2,1H3,(H,14,15)(H,16,17). The van der Waals surface area contributed by atoms with E-state index in [-0.39, 0.29) is 17.9 Å². The fourth-order valence-electron chi connectivity index (χ4n) is 1.56. The number of hydrogen-bond donors (Lipinski definition) is 4. The molecule has 0 aliphatic carbocycles. The first-order chi connectivity index (χ1) is 8.88. The van der Waals surface area contributed by atoms with E-state index in [2.05, 4.69) is 5.32 Å². The van der Waals surface area contributed by atoms with Crippen LogP contribution in [0, 0.1) is 0 Å². The number of aromatic hydroxyl groups is 1. The van der Waals surface area contributed by atoms with Crippen molar-refractivity contribution < 1.29 is 29.0 Å². The van der Waals surface area contributed by atoms with Crippen LogP contribution in [0.1, 0.15) is 18.3 Å². The number of para-hydroxylation sites is 1. The molecule has 1 rings (SSSR count). The molecule has 1 aromatic rings. The maximum absolute atomic E-state index is 12.0. The van der Waals surface area contributed by atoms with Gasteiger partial charge >= 0.3 is 13.6 Å². The van der Waals surface area contributed by atoms with Gasteiger partial charge in [-0.25, -0.2) is 0 Å². The molecule has 0 aromatic heterocycles. The molecule has 2 atom stereocenters. The minimum Gasteiger partial charge on any atom is -0.508 e. The molecule has 0 aliphatic heterocycles. The van der Waals surface area contributed by atoms with Crippen LogP contribution < -0.4 is 5.32 Å². The first-order valence-corrected chi connectivity index (χ1v) is 7.23. The number of phenolic OH excluding ortho intramolecular Hbond substituents is 1. The lowest BCUT2D eigenvalue weighted by molar-refractivity contribution is -0.136. The number of carbonyl (C=O) groups is 1. The van der Waals surface area contributed by atoms with Gasteiger partial charge in [0, 0.05) is 5.56 Å². The number of aliphatic carboxylic acids is 1. The Kier molecular flexibility index (Phi) is 5.50. The third-order valence-electron chi connectivity index (χ3n) is 2.32. The van der Waals surface area contributed by atoms with E-state index in [0.29, 0.717) is 0 Å². The van der Waals surface area contributed by atoms with E-state index in [1.165, 1.54) is 12.1 Å². The molecule has 0 bridgehead atoms. The van der Waals surface area contributed by atoms with Crippen LogP contribution in [0.15, 0.2) is 24.3 Å². The van der Waals surface area contributed by atoms with E-state index in [1.54, 1.807) is 19.1 Å². The van der Waals surface area contributed by atoms with Crippen molar-refractivity contribution in [1.82, 2.24) is 5.32 Å². The van der Waals surface area contributed by atoms with Crippen LogP contribution in [0.25, 0.3) is 0 Å². The van der Waals surface area contributed by atoms with Crippen molar-refractivity contribution in [3.05, 3.63) is 29.8 Å². The highest BCUT2D eigenvalue weighted by molar-refractivity contribution is 7.53. The van der Waals surface area contributed by atoms with Gasteiger partial charge in [0.15, 0.2) is 0 Å². The molecule has 2 unspecified atom stereocenters. The highest BCUT2D eigenvalue weighted by Gasteiger charge is 2.35. The van der Waals surface area contributed by atoms with Crippen molar-refractivity contribution in [2.75, 3.05) is 13.2 Å². The highest BCUT2D eigenvalue weighted by Crippen LogP contribution is 2.56. The summed E-state index contributed by atoms with van der Waals surface area (Å²) >= 11 is 0. The zero-order valence-corrected chi connectivity index (χ0v) is 11.2. The van der Waals surface area contributed by atoms with Crippen LogP contribution >= 0.6 is 7.60 Å². The molecule has 0 saturated heterocycles. The summed E-state index contributed by atoms with van der Waals surface area (Å²) in [5, 5.41) is 20.7. The Balaban J connectivity index is 3.09. The molecule has 0 fully saturated rings. The number of carboxylic acid groups (broad SMARTS) is 1.